The van der Waals surface area contributed by atoms with Crippen molar-refractivity contribution in [2.45, 2.75) is 6.92 Å². The molecule has 0 aliphatic carbocycles. The molecule has 1 aromatic rings. The fraction of sp³-hybridized carbons (Fsp3) is 0.438. The summed E-state index contributed by atoms with van der Waals surface area (Å²) in [6.45, 7) is 6.52. The highest BCUT2D eigenvalue weighted by atomic mass is 16.3. The molecule has 2 aliphatic rings. The Morgan fingerprint density at radius 1 is 1.14 bits per heavy atom. The Hall–Kier alpha value is -2.01. The summed E-state index contributed by atoms with van der Waals surface area (Å²) in [6, 6.07) is 7.36. The van der Waals surface area contributed by atoms with E-state index in [9.17, 15) is 9.90 Å². The number of piperazine rings is 1. The molecular formula is C16H21N3O2. The Labute approximate surface area is 124 Å². The van der Waals surface area contributed by atoms with Gasteiger partial charge in [-0.15, -0.1) is 0 Å². The maximum absolute atomic E-state index is 12.4. The van der Waals surface area contributed by atoms with Gasteiger partial charge in [-0.1, -0.05) is 12.1 Å². The number of hydrogen-bond donors (Lipinski definition) is 2. The fourth-order valence-electron chi connectivity index (χ4n) is 2.79. The number of hydrogen-bond acceptors (Lipinski definition) is 4. The number of nitrogens with one attached hydrogen (secondary N) is 1. The van der Waals surface area contributed by atoms with Crippen LogP contribution in [0.15, 0.2) is 35.4 Å². The highest BCUT2D eigenvalue weighted by molar-refractivity contribution is 5.94. The summed E-state index contributed by atoms with van der Waals surface area (Å²) in [5, 5.41) is 13.1. The van der Waals surface area contributed by atoms with Gasteiger partial charge in [0.25, 0.3) is 0 Å². The van der Waals surface area contributed by atoms with E-state index in [1.54, 1.807) is 6.07 Å². The standard InChI is InChI=1S/C16H21N3O2/c1-12(13-10-17-11-13)16(21)19-8-6-18(7-9-19)14-4-2-3-5-15(14)20/h2-5,17,20H,6-11H2,1H3. The second-order valence-corrected chi connectivity index (χ2v) is 5.60. The highest BCUT2D eigenvalue weighted by Gasteiger charge is 2.25. The second kappa shape index (κ2) is 5.77. The zero-order valence-electron chi connectivity index (χ0n) is 12.3. The minimum Gasteiger partial charge on any atom is -0.506 e. The SMILES string of the molecule is CC(C(=O)N1CCN(c2ccccc2O)CC1)=C1CNC1. The first-order valence-corrected chi connectivity index (χ1v) is 7.38. The van der Waals surface area contributed by atoms with Crippen molar-refractivity contribution >= 4 is 11.6 Å². The minimum atomic E-state index is 0.156. The third kappa shape index (κ3) is 2.74. The van der Waals surface area contributed by atoms with E-state index in [-0.39, 0.29) is 5.91 Å². The molecule has 2 N–H and O–H groups in total. The number of anilines is 1. The van der Waals surface area contributed by atoms with E-state index in [2.05, 4.69) is 10.2 Å². The molecule has 21 heavy (non-hydrogen) atoms. The lowest BCUT2D eigenvalue weighted by atomic mass is 10.0. The molecule has 0 atom stereocenters. The number of nitrogens with zero attached hydrogens (tertiary/aromatic N) is 2. The number of para-hydroxylation sites is 2. The highest BCUT2D eigenvalue weighted by Crippen LogP contribution is 2.27. The van der Waals surface area contributed by atoms with Gasteiger partial charge < -0.3 is 20.2 Å². The predicted octanol–water partition coefficient (Wildman–Crippen LogP) is 0.960. The molecule has 5 heteroatoms. The summed E-state index contributed by atoms with van der Waals surface area (Å²) >= 11 is 0. The molecule has 2 fully saturated rings. The van der Waals surface area contributed by atoms with Crippen molar-refractivity contribution in [3.05, 3.63) is 35.4 Å². The molecule has 2 saturated heterocycles. The fourth-order valence-corrected chi connectivity index (χ4v) is 2.79. The molecule has 112 valence electrons. The van der Waals surface area contributed by atoms with Crippen LogP contribution in [0.2, 0.25) is 0 Å². The summed E-state index contributed by atoms with van der Waals surface area (Å²) in [5.41, 5.74) is 2.97. The molecule has 5 nitrogen and oxygen atoms in total. The number of phenols is 1. The number of carbonyl (C=O) groups is 1. The Balaban J connectivity index is 1.63. The van der Waals surface area contributed by atoms with Gasteiger partial charge in [-0.05, 0) is 24.6 Å². The van der Waals surface area contributed by atoms with Gasteiger partial charge in [0.1, 0.15) is 5.75 Å². The third-order valence-corrected chi connectivity index (χ3v) is 4.32. The predicted molar refractivity (Wildman–Crippen MR) is 82.5 cm³/mol. The van der Waals surface area contributed by atoms with Gasteiger partial charge in [0.2, 0.25) is 5.91 Å². The molecule has 0 saturated carbocycles. The molecule has 3 rings (SSSR count). The van der Waals surface area contributed by atoms with Crippen molar-refractivity contribution in [2.24, 2.45) is 0 Å². The van der Waals surface area contributed by atoms with E-state index in [4.69, 9.17) is 0 Å². The molecule has 0 bridgehead atoms. The monoisotopic (exact) mass is 287 g/mol. The van der Waals surface area contributed by atoms with E-state index in [1.807, 2.05) is 30.0 Å². The Bertz CT molecular complexity index is 569. The summed E-state index contributed by atoms with van der Waals surface area (Å²) < 4.78 is 0. The third-order valence-electron chi connectivity index (χ3n) is 4.32. The van der Waals surface area contributed by atoms with Gasteiger partial charge in [-0.25, -0.2) is 0 Å². The number of phenolic OH excluding ortho intramolecular Hbond substituents is 1. The lowest BCUT2D eigenvalue weighted by Gasteiger charge is -2.37. The maximum Gasteiger partial charge on any atom is 0.249 e. The smallest absolute Gasteiger partial charge is 0.249 e. The minimum absolute atomic E-state index is 0.156. The van der Waals surface area contributed by atoms with Crippen LogP contribution in [0.25, 0.3) is 0 Å². The lowest BCUT2D eigenvalue weighted by Crippen LogP contribution is -2.49. The van der Waals surface area contributed by atoms with Crippen molar-refractivity contribution in [3.63, 3.8) is 0 Å². The number of amides is 1. The molecule has 1 amide bonds. The zero-order valence-corrected chi connectivity index (χ0v) is 12.3. The lowest BCUT2D eigenvalue weighted by molar-refractivity contribution is -0.127. The molecule has 1 aromatic carbocycles. The van der Waals surface area contributed by atoms with Gasteiger partial charge >= 0.3 is 0 Å². The molecule has 2 heterocycles. The Morgan fingerprint density at radius 3 is 2.38 bits per heavy atom. The average Bonchev–Trinajstić information content (AvgIpc) is 2.45. The zero-order chi connectivity index (χ0) is 14.8. The first-order valence-electron chi connectivity index (χ1n) is 7.38. The first kappa shape index (κ1) is 13.9. The summed E-state index contributed by atoms with van der Waals surface area (Å²) in [5.74, 6) is 0.458. The van der Waals surface area contributed by atoms with Crippen molar-refractivity contribution in [3.8, 4) is 5.75 Å². The molecule has 0 spiro atoms. The molecule has 0 unspecified atom stereocenters. The van der Waals surface area contributed by atoms with Crippen LogP contribution < -0.4 is 10.2 Å². The van der Waals surface area contributed by atoms with Crippen LogP contribution in [0.3, 0.4) is 0 Å². The molecule has 0 aromatic heterocycles. The molecular weight excluding hydrogens is 266 g/mol. The number of carbonyl (C=O) groups excluding carboxylic acids is 1. The molecule has 0 radical (unpaired) electrons. The quantitative estimate of drug-likeness (QED) is 0.796. The van der Waals surface area contributed by atoms with Crippen LogP contribution in [-0.4, -0.2) is 55.2 Å². The van der Waals surface area contributed by atoms with E-state index < -0.39 is 0 Å². The van der Waals surface area contributed by atoms with Crippen LogP contribution in [0.4, 0.5) is 5.69 Å². The van der Waals surface area contributed by atoms with Crippen molar-refractivity contribution in [2.75, 3.05) is 44.2 Å². The van der Waals surface area contributed by atoms with Gasteiger partial charge in [0.15, 0.2) is 0 Å². The average molecular weight is 287 g/mol. The molecule has 2 aliphatic heterocycles. The van der Waals surface area contributed by atoms with Gasteiger partial charge in [-0.3, -0.25) is 4.79 Å². The van der Waals surface area contributed by atoms with E-state index in [0.717, 1.165) is 37.4 Å². The van der Waals surface area contributed by atoms with Crippen molar-refractivity contribution in [1.29, 1.82) is 0 Å². The van der Waals surface area contributed by atoms with Gasteiger partial charge in [0.05, 0.1) is 5.69 Å². The van der Waals surface area contributed by atoms with Gasteiger partial charge in [0, 0.05) is 44.8 Å². The number of benzene rings is 1. The Kier molecular flexibility index (Phi) is 3.84. The summed E-state index contributed by atoms with van der Waals surface area (Å²) in [6.07, 6.45) is 0. The summed E-state index contributed by atoms with van der Waals surface area (Å²) in [7, 11) is 0. The van der Waals surface area contributed by atoms with Gasteiger partial charge in [-0.2, -0.15) is 0 Å². The number of rotatable bonds is 2. The first-order chi connectivity index (χ1) is 10.2. The summed E-state index contributed by atoms with van der Waals surface area (Å²) in [4.78, 5) is 16.5. The van der Waals surface area contributed by atoms with E-state index >= 15 is 0 Å². The Morgan fingerprint density at radius 2 is 1.81 bits per heavy atom. The van der Waals surface area contributed by atoms with E-state index in [1.165, 1.54) is 5.57 Å². The van der Waals surface area contributed by atoms with Crippen LogP contribution in [-0.2, 0) is 4.79 Å². The second-order valence-electron chi connectivity index (χ2n) is 5.60. The number of aromatic hydroxyl groups is 1. The van der Waals surface area contributed by atoms with Crippen LogP contribution in [0.5, 0.6) is 5.75 Å². The van der Waals surface area contributed by atoms with Crippen LogP contribution >= 0.6 is 0 Å². The van der Waals surface area contributed by atoms with E-state index in [0.29, 0.717) is 18.8 Å². The maximum atomic E-state index is 12.4. The normalized spacial score (nSPS) is 18.4. The van der Waals surface area contributed by atoms with Crippen molar-refractivity contribution in [1.82, 2.24) is 10.2 Å². The van der Waals surface area contributed by atoms with Crippen LogP contribution in [0, 0.1) is 0 Å². The van der Waals surface area contributed by atoms with Crippen LogP contribution in [0.1, 0.15) is 6.92 Å². The van der Waals surface area contributed by atoms with Crippen molar-refractivity contribution < 1.29 is 9.90 Å². The topological polar surface area (TPSA) is 55.8 Å². The largest absolute Gasteiger partial charge is 0.506 e.